The largest absolute Gasteiger partial charge is 0.234 e. The highest BCUT2D eigenvalue weighted by Crippen LogP contribution is 2.45. The van der Waals surface area contributed by atoms with Crippen molar-refractivity contribution in [3.8, 4) is 0 Å². The van der Waals surface area contributed by atoms with E-state index < -0.39 is 5.79 Å². The third-order valence-electron chi connectivity index (χ3n) is 5.94. The lowest BCUT2D eigenvalue weighted by molar-refractivity contribution is -0.553. The minimum atomic E-state index is -0.820. The predicted octanol–water partition coefficient (Wildman–Crippen LogP) is 6.34. The quantitative estimate of drug-likeness (QED) is 0.263. The van der Waals surface area contributed by atoms with E-state index in [1.165, 1.54) is 6.42 Å². The van der Waals surface area contributed by atoms with Gasteiger partial charge in [0.05, 0.1) is 0 Å². The zero-order chi connectivity index (χ0) is 18.5. The maximum absolute atomic E-state index is 5.99. The summed E-state index contributed by atoms with van der Waals surface area (Å²) in [5, 5.41) is 0. The van der Waals surface area contributed by atoms with Crippen molar-refractivity contribution in [2.75, 3.05) is 0 Å². The van der Waals surface area contributed by atoms with Crippen molar-refractivity contribution >= 4 is 0 Å². The summed E-state index contributed by atoms with van der Waals surface area (Å²) in [5.41, 5.74) is -0.442. The summed E-state index contributed by atoms with van der Waals surface area (Å²) in [7, 11) is 0. The maximum atomic E-state index is 5.99. The van der Waals surface area contributed by atoms with Gasteiger partial charge in [0.1, 0.15) is 11.2 Å². The summed E-state index contributed by atoms with van der Waals surface area (Å²) < 4.78 is 0. The van der Waals surface area contributed by atoms with E-state index in [0.29, 0.717) is 0 Å². The Morgan fingerprint density at radius 2 is 1.17 bits per heavy atom. The lowest BCUT2D eigenvalue weighted by atomic mass is 9.74. The van der Waals surface area contributed by atoms with Gasteiger partial charge in [0.25, 0.3) is 0 Å². The SMILES string of the molecule is CCC(C)(CC)OOC1(OOC(C)(CC)CC)CCCC(C)(C)C1. The molecule has 1 aliphatic rings. The van der Waals surface area contributed by atoms with E-state index in [1.807, 2.05) is 0 Å². The van der Waals surface area contributed by atoms with E-state index in [9.17, 15) is 0 Å². The molecule has 0 N–H and O–H groups in total. The van der Waals surface area contributed by atoms with Crippen molar-refractivity contribution in [1.29, 1.82) is 0 Å². The fourth-order valence-corrected chi connectivity index (χ4v) is 2.99. The third kappa shape index (κ3) is 5.98. The number of hydrogen-bond donors (Lipinski definition) is 0. The van der Waals surface area contributed by atoms with E-state index in [-0.39, 0.29) is 16.6 Å². The standard InChI is InChI=1S/C20H40O4/c1-9-18(7,10-2)21-23-20(15-13-14-17(5,6)16-20)24-22-19(8,11-3)12-4/h9-16H2,1-8H3. The highest BCUT2D eigenvalue weighted by molar-refractivity contribution is 4.85. The van der Waals surface area contributed by atoms with Gasteiger partial charge in [0.15, 0.2) is 0 Å². The Morgan fingerprint density at radius 3 is 1.50 bits per heavy atom. The zero-order valence-corrected chi connectivity index (χ0v) is 17.3. The lowest BCUT2D eigenvalue weighted by Gasteiger charge is -2.44. The van der Waals surface area contributed by atoms with Gasteiger partial charge >= 0.3 is 0 Å². The molecule has 0 bridgehead atoms. The van der Waals surface area contributed by atoms with Crippen LogP contribution in [0.25, 0.3) is 0 Å². The van der Waals surface area contributed by atoms with Crippen molar-refractivity contribution in [2.45, 2.75) is 124 Å². The minimum absolute atomic E-state index is 0.147. The predicted molar refractivity (Wildman–Crippen MR) is 97.3 cm³/mol. The normalized spacial score (nSPS) is 21.0. The van der Waals surface area contributed by atoms with Gasteiger partial charge in [-0.25, -0.2) is 9.78 Å². The molecule has 0 amide bonds. The van der Waals surface area contributed by atoms with Crippen LogP contribution in [0.4, 0.5) is 0 Å². The number of hydrogen-bond acceptors (Lipinski definition) is 4. The van der Waals surface area contributed by atoms with Crippen LogP contribution in [0.1, 0.15) is 107 Å². The topological polar surface area (TPSA) is 36.9 Å². The molecule has 0 atom stereocenters. The van der Waals surface area contributed by atoms with Crippen LogP contribution in [0.3, 0.4) is 0 Å². The van der Waals surface area contributed by atoms with Gasteiger partial charge in [0, 0.05) is 12.8 Å². The molecule has 1 aliphatic carbocycles. The Bertz CT molecular complexity index is 348. The molecule has 0 aromatic carbocycles. The molecule has 4 nitrogen and oxygen atoms in total. The van der Waals surface area contributed by atoms with E-state index in [4.69, 9.17) is 19.6 Å². The van der Waals surface area contributed by atoms with Crippen LogP contribution in [-0.4, -0.2) is 17.0 Å². The molecule has 0 unspecified atom stereocenters. The highest BCUT2D eigenvalue weighted by Gasteiger charge is 2.47. The van der Waals surface area contributed by atoms with Gasteiger partial charge in [-0.1, -0.05) is 41.5 Å². The lowest BCUT2D eigenvalue weighted by Crippen LogP contribution is -2.47. The smallest absolute Gasteiger partial charge is 0.227 e. The Hall–Kier alpha value is -0.160. The first-order valence-corrected chi connectivity index (χ1v) is 9.81. The molecule has 1 saturated carbocycles. The molecule has 1 rings (SSSR count). The molecule has 1 fully saturated rings. The second-order valence-electron chi connectivity index (χ2n) is 8.75. The van der Waals surface area contributed by atoms with Crippen molar-refractivity contribution in [3.63, 3.8) is 0 Å². The van der Waals surface area contributed by atoms with Gasteiger partial charge in [0.2, 0.25) is 5.79 Å². The van der Waals surface area contributed by atoms with Gasteiger partial charge in [-0.2, -0.15) is 9.78 Å². The van der Waals surface area contributed by atoms with Crippen molar-refractivity contribution in [3.05, 3.63) is 0 Å². The van der Waals surface area contributed by atoms with E-state index in [1.54, 1.807) is 0 Å². The van der Waals surface area contributed by atoms with Crippen LogP contribution in [-0.2, 0) is 19.6 Å². The highest BCUT2D eigenvalue weighted by atomic mass is 17.3. The van der Waals surface area contributed by atoms with E-state index >= 15 is 0 Å². The minimum Gasteiger partial charge on any atom is -0.227 e. The molecule has 0 aromatic rings. The average molecular weight is 345 g/mol. The zero-order valence-electron chi connectivity index (χ0n) is 17.3. The summed E-state index contributed by atoms with van der Waals surface area (Å²) >= 11 is 0. The van der Waals surface area contributed by atoms with Gasteiger partial charge in [-0.05, 0) is 57.8 Å². The molecule has 0 aliphatic heterocycles. The van der Waals surface area contributed by atoms with Crippen molar-refractivity contribution < 1.29 is 19.6 Å². The molecular formula is C20H40O4. The van der Waals surface area contributed by atoms with Crippen LogP contribution in [0, 0.1) is 5.41 Å². The van der Waals surface area contributed by atoms with Gasteiger partial charge in [-0.15, -0.1) is 0 Å². The van der Waals surface area contributed by atoms with E-state index in [0.717, 1.165) is 44.9 Å². The Balaban J connectivity index is 2.88. The Labute approximate surface area is 149 Å². The second kappa shape index (κ2) is 8.48. The summed E-state index contributed by atoms with van der Waals surface area (Å²) in [6.07, 6.45) is 7.35. The Morgan fingerprint density at radius 1 is 0.750 bits per heavy atom. The molecule has 24 heavy (non-hydrogen) atoms. The first-order valence-electron chi connectivity index (χ1n) is 9.81. The van der Waals surface area contributed by atoms with Gasteiger partial charge in [-0.3, -0.25) is 0 Å². The monoisotopic (exact) mass is 344 g/mol. The van der Waals surface area contributed by atoms with Crippen molar-refractivity contribution in [2.24, 2.45) is 5.41 Å². The van der Waals surface area contributed by atoms with Crippen LogP contribution >= 0.6 is 0 Å². The van der Waals surface area contributed by atoms with Crippen LogP contribution in [0.15, 0.2) is 0 Å². The maximum Gasteiger partial charge on any atom is 0.234 e. The number of rotatable bonds is 10. The molecule has 0 aromatic heterocycles. The molecular weight excluding hydrogens is 304 g/mol. The summed E-state index contributed by atoms with van der Waals surface area (Å²) in [6.45, 7) is 17.1. The summed E-state index contributed by atoms with van der Waals surface area (Å²) in [5.74, 6) is -0.820. The fourth-order valence-electron chi connectivity index (χ4n) is 2.99. The first-order chi connectivity index (χ1) is 11.1. The summed E-state index contributed by atoms with van der Waals surface area (Å²) in [4.78, 5) is 23.8. The third-order valence-corrected chi connectivity index (χ3v) is 5.94. The van der Waals surface area contributed by atoms with Crippen LogP contribution in [0.2, 0.25) is 0 Å². The van der Waals surface area contributed by atoms with Crippen LogP contribution < -0.4 is 0 Å². The van der Waals surface area contributed by atoms with Gasteiger partial charge < -0.3 is 0 Å². The van der Waals surface area contributed by atoms with E-state index in [2.05, 4.69) is 55.4 Å². The molecule has 0 heterocycles. The second-order valence-corrected chi connectivity index (χ2v) is 8.75. The molecule has 144 valence electrons. The molecule has 0 radical (unpaired) electrons. The summed E-state index contributed by atoms with van der Waals surface area (Å²) in [6, 6.07) is 0. The van der Waals surface area contributed by atoms with Crippen LogP contribution in [0.5, 0.6) is 0 Å². The molecule has 0 saturated heterocycles. The first kappa shape index (κ1) is 21.9. The molecule has 0 spiro atoms. The average Bonchev–Trinajstić information content (AvgIpc) is 2.57. The molecule has 4 heteroatoms. The fraction of sp³-hybridized carbons (Fsp3) is 1.00. The van der Waals surface area contributed by atoms with Crippen molar-refractivity contribution in [1.82, 2.24) is 0 Å². The Kier molecular flexibility index (Phi) is 7.73.